The van der Waals surface area contributed by atoms with Crippen LogP contribution in [-0.4, -0.2) is 33.6 Å². The maximum atomic E-state index is 11.9. The zero-order chi connectivity index (χ0) is 15.9. The minimum atomic E-state index is -3.88. The normalized spacial score (nSPS) is 27.5. The van der Waals surface area contributed by atoms with Gasteiger partial charge in [0.2, 0.25) is 0 Å². The van der Waals surface area contributed by atoms with E-state index in [2.05, 4.69) is 5.73 Å². The number of hydrogen-bond donors (Lipinski definition) is 1. The molecule has 0 spiro atoms. The van der Waals surface area contributed by atoms with Crippen molar-refractivity contribution in [1.82, 2.24) is 0 Å². The number of rotatable bonds is 5. The largest absolute Gasteiger partial charge is 0.778 e. The summed E-state index contributed by atoms with van der Waals surface area (Å²) in [6, 6.07) is 8.66. The van der Waals surface area contributed by atoms with Gasteiger partial charge in [-0.25, -0.2) is 0 Å². The second-order valence-corrected chi connectivity index (χ2v) is 6.77. The summed E-state index contributed by atoms with van der Waals surface area (Å²) in [6.07, 6.45) is 0.393. The average Bonchev–Trinajstić information content (AvgIpc) is 2.78. The van der Waals surface area contributed by atoms with E-state index in [0.717, 1.165) is 12.0 Å². The fraction of sp³-hybridized carbons (Fsp3) is 0.571. The maximum Gasteiger partial charge on any atom is 0.139 e. The van der Waals surface area contributed by atoms with Gasteiger partial charge in [-0.3, -0.25) is 0 Å². The Morgan fingerprint density at radius 1 is 1.43 bits per heavy atom. The quantitative estimate of drug-likeness (QED) is 0.653. The topological polar surface area (TPSA) is 84.6 Å². The third kappa shape index (κ3) is 6.33. The van der Waals surface area contributed by atoms with E-state index in [1.54, 1.807) is 24.3 Å². The average molecular weight is 310 g/mol. The lowest BCUT2D eigenvalue weighted by atomic mass is 9.92. The van der Waals surface area contributed by atoms with Crippen LogP contribution in [0.15, 0.2) is 30.3 Å². The van der Waals surface area contributed by atoms with Crippen molar-refractivity contribution < 1.29 is 18.7 Å². The molecular weight excluding hydrogens is 288 g/mol. The van der Waals surface area contributed by atoms with Gasteiger partial charge in [-0.1, -0.05) is 37.3 Å². The lowest BCUT2D eigenvalue weighted by molar-refractivity contribution is -0.201. The first-order chi connectivity index (χ1) is 9.96. The van der Waals surface area contributed by atoms with E-state index in [1.807, 2.05) is 13.0 Å². The Hall–Kier alpha value is -0.645. The highest BCUT2D eigenvalue weighted by Gasteiger charge is 2.30. The molecule has 5 nitrogen and oxygen atoms in total. The molecule has 0 amide bonds. The van der Waals surface area contributed by atoms with Gasteiger partial charge < -0.3 is 24.5 Å². The van der Waals surface area contributed by atoms with E-state index >= 15 is 0 Å². The highest BCUT2D eigenvalue weighted by Crippen LogP contribution is 2.42. The molecule has 2 N–H and O–H groups in total. The summed E-state index contributed by atoms with van der Waals surface area (Å²) in [5, 5.41) is 0. The summed E-state index contributed by atoms with van der Waals surface area (Å²) in [5.41, 5.74) is 5.22. The summed E-state index contributed by atoms with van der Waals surface area (Å²) >= 11 is 0. The van der Waals surface area contributed by atoms with Crippen LogP contribution < -0.4 is 10.6 Å². The van der Waals surface area contributed by atoms with Gasteiger partial charge in [-0.2, -0.15) is 0 Å². The third-order valence-corrected chi connectivity index (χ3v) is 4.54. The number of nitrogens with two attached hydrogens (primary N) is 1. The van der Waals surface area contributed by atoms with E-state index in [9.17, 15) is 9.46 Å². The molecule has 0 bridgehead atoms. The molecule has 2 radical (unpaired) electrons. The molecule has 116 valence electrons. The van der Waals surface area contributed by atoms with E-state index in [0.29, 0.717) is 0 Å². The van der Waals surface area contributed by atoms with Crippen molar-refractivity contribution >= 4 is 15.4 Å². The van der Waals surface area contributed by atoms with E-state index < -0.39 is 7.60 Å². The van der Waals surface area contributed by atoms with Gasteiger partial charge >= 0.3 is 0 Å². The van der Waals surface area contributed by atoms with Crippen LogP contribution in [0.2, 0.25) is 0 Å². The van der Waals surface area contributed by atoms with E-state index in [1.165, 1.54) is 7.05 Å². The monoisotopic (exact) mass is 310 g/mol. The third-order valence-electron chi connectivity index (χ3n) is 3.24. The molecule has 2 rings (SSSR count). The molecule has 21 heavy (non-hydrogen) atoms. The fourth-order valence-corrected chi connectivity index (χ4v) is 3.30. The minimum Gasteiger partial charge on any atom is -0.778 e. The van der Waals surface area contributed by atoms with Gasteiger partial charge in [0.25, 0.3) is 0 Å². The van der Waals surface area contributed by atoms with Crippen molar-refractivity contribution in [2.24, 2.45) is 11.7 Å². The molecule has 1 unspecified atom stereocenters. The lowest BCUT2D eigenvalue weighted by Gasteiger charge is -2.26. The first kappa shape index (κ1) is 18.4. The molecule has 1 fully saturated rings. The molecule has 1 heterocycles. The molecule has 1 aliphatic rings. The first-order valence-corrected chi connectivity index (χ1v) is 8.66. The van der Waals surface area contributed by atoms with E-state index in [4.69, 9.17) is 17.1 Å². The minimum absolute atomic E-state index is 0.0441. The van der Waals surface area contributed by atoms with Gasteiger partial charge in [0, 0.05) is 12.2 Å². The van der Waals surface area contributed by atoms with E-state index in [-0.39, 0.29) is 30.8 Å². The van der Waals surface area contributed by atoms with Gasteiger partial charge in [0.1, 0.15) is 15.4 Å². The van der Waals surface area contributed by atoms with Gasteiger partial charge in [0.05, 0.1) is 12.7 Å². The Balaban J connectivity index is 0.00000106. The lowest BCUT2D eigenvalue weighted by Crippen LogP contribution is -2.22. The van der Waals surface area contributed by atoms with Crippen molar-refractivity contribution in [3.05, 3.63) is 35.9 Å². The molecule has 7 heteroatoms. The number of hydrogen-bond acceptors (Lipinski definition) is 5. The Kier molecular flexibility index (Phi) is 7.64. The second kappa shape index (κ2) is 8.71. The van der Waals surface area contributed by atoms with Crippen molar-refractivity contribution in [3.8, 4) is 0 Å². The zero-order valence-electron chi connectivity index (χ0n) is 12.5. The highest BCUT2D eigenvalue weighted by molar-refractivity contribution is 7.50. The molecule has 1 aromatic carbocycles. The molecule has 4 atom stereocenters. The number of benzene rings is 1. The standard InChI is InChI=1S/C13H18BO4P.CH5N/c1-10-7-13(14)18-12(10)8-17-19(15,16)9-11-5-3-2-4-6-11;1-2/h2-6,10,12-13H,7-9H2,1H3,(H,15,16);2H2,1H3/p-1/t10-,12-,13-;/m1./s1. The van der Waals surface area contributed by atoms with Gasteiger partial charge in [-0.15, -0.1) is 0 Å². The zero-order valence-corrected chi connectivity index (χ0v) is 13.4. The van der Waals surface area contributed by atoms with Crippen LogP contribution in [0, 0.1) is 5.92 Å². The van der Waals surface area contributed by atoms with Crippen molar-refractivity contribution in [2.75, 3.05) is 13.7 Å². The summed E-state index contributed by atoms with van der Waals surface area (Å²) < 4.78 is 22.3. The van der Waals surface area contributed by atoms with Crippen LogP contribution in [0.1, 0.15) is 18.9 Å². The van der Waals surface area contributed by atoms with Gasteiger partial charge in [0.15, 0.2) is 0 Å². The van der Waals surface area contributed by atoms with Crippen LogP contribution >= 0.6 is 7.60 Å². The molecule has 1 saturated heterocycles. The number of ether oxygens (including phenoxy) is 1. The van der Waals surface area contributed by atoms with Crippen LogP contribution in [0.5, 0.6) is 0 Å². The molecule has 1 aromatic rings. The Labute approximate surface area is 127 Å². The fourth-order valence-electron chi connectivity index (χ4n) is 2.18. The van der Waals surface area contributed by atoms with Crippen LogP contribution in [0.3, 0.4) is 0 Å². The summed E-state index contributed by atoms with van der Waals surface area (Å²) in [7, 11) is 3.27. The summed E-state index contributed by atoms with van der Waals surface area (Å²) in [4.78, 5) is 11.9. The Morgan fingerprint density at radius 3 is 2.57 bits per heavy atom. The highest BCUT2D eigenvalue weighted by atomic mass is 31.2. The SMILES string of the molecule is CN.[B][C@H]1C[C@@H](C)[C@@H](COP(=O)([O-])Cc2ccccc2)O1. The van der Waals surface area contributed by atoms with Crippen molar-refractivity contribution in [3.63, 3.8) is 0 Å². The summed E-state index contributed by atoms with van der Waals surface area (Å²) in [6.45, 7) is 2.02. The van der Waals surface area contributed by atoms with Crippen LogP contribution in [0.4, 0.5) is 0 Å². The predicted octanol–water partition coefficient (Wildman–Crippen LogP) is 1.25. The molecule has 0 aliphatic carbocycles. The van der Waals surface area contributed by atoms with Crippen molar-refractivity contribution in [2.45, 2.75) is 31.6 Å². The van der Waals surface area contributed by atoms with Crippen LogP contribution in [0.25, 0.3) is 0 Å². The maximum absolute atomic E-state index is 11.9. The summed E-state index contributed by atoms with van der Waals surface area (Å²) in [5.74, 6) is 0.215. The van der Waals surface area contributed by atoms with Gasteiger partial charge in [-0.05, 0) is 24.9 Å². The molecular formula is C14H22BNO4P-. The Bertz CT molecular complexity index is 460. The van der Waals surface area contributed by atoms with Crippen LogP contribution in [-0.2, 0) is 20.0 Å². The molecule has 0 aromatic heterocycles. The smallest absolute Gasteiger partial charge is 0.139 e. The second-order valence-electron chi connectivity index (χ2n) is 4.98. The predicted molar refractivity (Wildman–Crippen MR) is 82.0 cm³/mol. The first-order valence-electron chi connectivity index (χ1n) is 6.93. The van der Waals surface area contributed by atoms with Crippen molar-refractivity contribution in [1.29, 1.82) is 0 Å². The molecule has 1 aliphatic heterocycles. The molecule has 0 saturated carbocycles. The Morgan fingerprint density at radius 2 is 2.05 bits per heavy atom.